The number of likely N-dealkylation sites (tertiary alicyclic amines) is 1. The lowest BCUT2D eigenvalue weighted by Gasteiger charge is -2.24. The molecule has 0 radical (unpaired) electrons. The second-order valence-corrected chi connectivity index (χ2v) is 8.55. The zero-order valence-corrected chi connectivity index (χ0v) is 14.6. The van der Waals surface area contributed by atoms with Crippen LogP contribution in [-0.2, 0) is 14.8 Å². The van der Waals surface area contributed by atoms with Crippen LogP contribution in [-0.4, -0.2) is 38.4 Å². The third-order valence-corrected chi connectivity index (χ3v) is 6.57. The highest BCUT2D eigenvalue weighted by molar-refractivity contribution is 7.89. The lowest BCUT2D eigenvalue weighted by molar-refractivity contribution is -0.129. The molecule has 1 aromatic rings. The minimum atomic E-state index is -3.77. The molecule has 1 amide bonds. The molecule has 1 aromatic carbocycles. The molecule has 2 aliphatic rings. The van der Waals surface area contributed by atoms with Crippen molar-refractivity contribution in [3.63, 3.8) is 0 Å². The number of hydrogen-bond acceptors (Lipinski definition) is 3. The maximum Gasteiger partial charge on any atom is 0.240 e. The molecule has 1 saturated carbocycles. The van der Waals surface area contributed by atoms with Crippen LogP contribution >= 0.6 is 0 Å². The molecule has 0 bridgehead atoms. The summed E-state index contributed by atoms with van der Waals surface area (Å²) in [6.45, 7) is 2.44. The maximum absolute atomic E-state index is 13.4. The Morgan fingerprint density at radius 1 is 1.29 bits per heavy atom. The molecular formula is C17H23FN2O3S. The quantitative estimate of drug-likeness (QED) is 0.882. The van der Waals surface area contributed by atoms with Crippen molar-refractivity contribution in [3.8, 4) is 0 Å². The highest BCUT2D eigenvalue weighted by Crippen LogP contribution is 2.29. The van der Waals surface area contributed by atoms with Crippen molar-refractivity contribution in [2.24, 2.45) is 5.92 Å². The monoisotopic (exact) mass is 354 g/mol. The summed E-state index contributed by atoms with van der Waals surface area (Å²) >= 11 is 0. The van der Waals surface area contributed by atoms with Gasteiger partial charge >= 0.3 is 0 Å². The molecule has 1 N–H and O–H groups in total. The van der Waals surface area contributed by atoms with E-state index in [1.807, 2.05) is 4.90 Å². The summed E-state index contributed by atoms with van der Waals surface area (Å²) in [5.41, 5.74) is 0.499. The molecule has 1 aliphatic heterocycles. The van der Waals surface area contributed by atoms with Gasteiger partial charge in [0, 0.05) is 25.6 Å². The van der Waals surface area contributed by atoms with Gasteiger partial charge in [-0.2, -0.15) is 0 Å². The van der Waals surface area contributed by atoms with E-state index >= 15 is 0 Å². The van der Waals surface area contributed by atoms with E-state index in [2.05, 4.69) is 4.72 Å². The zero-order valence-electron chi connectivity index (χ0n) is 13.8. The van der Waals surface area contributed by atoms with Crippen LogP contribution < -0.4 is 4.72 Å². The van der Waals surface area contributed by atoms with Gasteiger partial charge in [-0.3, -0.25) is 4.79 Å². The fraction of sp³-hybridized carbons (Fsp3) is 0.588. The van der Waals surface area contributed by atoms with Gasteiger partial charge in [0.1, 0.15) is 5.82 Å². The molecule has 5 nitrogen and oxygen atoms in total. The highest BCUT2D eigenvalue weighted by Gasteiger charge is 2.35. The number of halogens is 1. The largest absolute Gasteiger partial charge is 0.339 e. The highest BCUT2D eigenvalue weighted by atomic mass is 32.2. The summed E-state index contributed by atoms with van der Waals surface area (Å²) in [5, 5.41) is 0. The Morgan fingerprint density at radius 3 is 2.71 bits per heavy atom. The van der Waals surface area contributed by atoms with Gasteiger partial charge in [-0.1, -0.05) is 18.9 Å². The van der Waals surface area contributed by atoms with Crippen LogP contribution in [0.2, 0.25) is 0 Å². The van der Waals surface area contributed by atoms with Crippen molar-refractivity contribution in [1.29, 1.82) is 0 Å². The van der Waals surface area contributed by atoms with Gasteiger partial charge < -0.3 is 4.90 Å². The number of sulfonamides is 1. The first-order valence-electron chi connectivity index (χ1n) is 8.42. The molecule has 0 aromatic heterocycles. The third-order valence-electron chi connectivity index (χ3n) is 5.01. The van der Waals surface area contributed by atoms with Crippen molar-refractivity contribution in [1.82, 2.24) is 9.62 Å². The number of carbonyl (C=O) groups is 1. The van der Waals surface area contributed by atoms with E-state index in [9.17, 15) is 17.6 Å². The molecule has 132 valence electrons. The number of rotatable bonds is 5. The standard InChI is InChI=1S/C17H23FN2O3S/c1-12-6-7-14(18)9-16(12)24(22,23)19-10-13-8-17(21)20(11-13)15-4-2-3-5-15/h6-7,9,13,15,19H,2-5,8,10-11H2,1H3/t13-/m0/s1. The Labute approximate surface area is 142 Å². The summed E-state index contributed by atoms with van der Waals surface area (Å²) < 4.78 is 40.7. The smallest absolute Gasteiger partial charge is 0.240 e. The molecule has 0 unspecified atom stereocenters. The van der Waals surface area contributed by atoms with Gasteiger partial charge in [0.2, 0.25) is 15.9 Å². The molecule has 1 heterocycles. The third kappa shape index (κ3) is 3.62. The lowest BCUT2D eigenvalue weighted by atomic mass is 10.1. The number of nitrogens with one attached hydrogen (secondary N) is 1. The first kappa shape index (κ1) is 17.4. The summed E-state index contributed by atoms with van der Waals surface area (Å²) in [5.74, 6) is -0.487. The van der Waals surface area contributed by atoms with Crippen LogP contribution in [0.1, 0.15) is 37.7 Å². The Bertz CT molecular complexity index is 729. The number of carbonyl (C=O) groups excluding carboxylic acids is 1. The summed E-state index contributed by atoms with van der Waals surface area (Å²) in [7, 11) is -3.77. The van der Waals surface area contributed by atoms with Gasteiger partial charge in [-0.15, -0.1) is 0 Å². The van der Waals surface area contributed by atoms with Crippen molar-refractivity contribution in [2.45, 2.75) is 50.0 Å². The van der Waals surface area contributed by atoms with E-state index in [1.165, 1.54) is 12.1 Å². The molecule has 7 heteroatoms. The second kappa shape index (κ2) is 6.80. The summed E-state index contributed by atoms with van der Waals surface area (Å²) in [6, 6.07) is 4.04. The number of aryl methyl sites for hydroxylation is 1. The van der Waals surface area contributed by atoms with Gasteiger partial charge in [0.15, 0.2) is 0 Å². The molecule has 1 aliphatic carbocycles. The Balaban J connectivity index is 1.63. The number of amides is 1. The molecule has 1 atom stereocenters. The minimum absolute atomic E-state index is 0.0262. The predicted octanol–water partition coefficient (Wildman–Crippen LogP) is 2.20. The second-order valence-electron chi connectivity index (χ2n) is 6.82. The Morgan fingerprint density at radius 2 is 2.00 bits per heavy atom. The normalized spacial score (nSPS) is 22.5. The van der Waals surface area contributed by atoms with Crippen molar-refractivity contribution in [3.05, 3.63) is 29.6 Å². The fourth-order valence-electron chi connectivity index (χ4n) is 3.68. The molecule has 1 saturated heterocycles. The topological polar surface area (TPSA) is 66.5 Å². The predicted molar refractivity (Wildman–Crippen MR) is 88.4 cm³/mol. The number of hydrogen-bond donors (Lipinski definition) is 1. The van der Waals surface area contributed by atoms with Crippen LogP contribution in [0.25, 0.3) is 0 Å². The minimum Gasteiger partial charge on any atom is -0.339 e. The Kier molecular flexibility index (Phi) is 4.92. The van der Waals surface area contributed by atoms with E-state index in [-0.39, 0.29) is 23.3 Å². The molecule has 24 heavy (non-hydrogen) atoms. The number of benzene rings is 1. The summed E-state index contributed by atoms with van der Waals surface area (Å²) in [4.78, 5) is 14.0. The van der Waals surface area contributed by atoms with Gasteiger partial charge in [0.25, 0.3) is 0 Å². The molecule has 3 rings (SSSR count). The van der Waals surface area contributed by atoms with Crippen molar-refractivity contribution >= 4 is 15.9 Å². The first-order valence-corrected chi connectivity index (χ1v) is 9.90. The summed E-state index contributed by atoms with van der Waals surface area (Å²) in [6.07, 6.45) is 4.79. The van der Waals surface area contributed by atoms with E-state index < -0.39 is 15.8 Å². The van der Waals surface area contributed by atoms with Crippen molar-refractivity contribution in [2.75, 3.05) is 13.1 Å². The maximum atomic E-state index is 13.4. The lowest BCUT2D eigenvalue weighted by Crippen LogP contribution is -2.36. The average molecular weight is 354 g/mol. The van der Waals surface area contributed by atoms with Gasteiger partial charge in [-0.25, -0.2) is 17.5 Å². The zero-order chi connectivity index (χ0) is 17.3. The van der Waals surface area contributed by atoms with Crippen LogP contribution in [0.4, 0.5) is 4.39 Å². The fourth-order valence-corrected chi connectivity index (χ4v) is 5.05. The van der Waals surface area contributed by atoms with Crippen LogP contribution in [0.3, 0.4) is 0 Å². The van der Waals surface area contributed by atoms with E-state index in [1.54, 1.807) is 6.92 Å². The molecule has 2 fully saturated rings. The van der Waals surface area contributed by atoms with Crippen molar-refractivity contribution < 1.29 is 17.6 Å². The Hall–Kier alpha value is -1.47. The van der Waals surface area contributed by atoms with Gasteiger partial charge in [-0.05, 0) is 43.4 Å². The molecular weight excluding hydrogens is 331 g/mol. The van der Waals surface area contributed by atoms with Gasteiger partial charge in [0.05, 0.1) is 4.90 Å². The van der Waals surface area contributed by atoms with E-state index in [0.29, 0.717) is 24.6 Å². The molecule has 0 spiro atoms. The number of nitrogens with zero attached hydrogens (tertiary/aromatic N) is 1. The first-order chi connectivity index (χ1) is 11.4. The van der Waals surface area contributed by atoms with Crippen LogP contribution in [0.5, 0.6) is 0 Å². The SMILES string of the molecule is Cc1ccc(F)cc1S(=O)(=O)NC[C@@H]1CC(=O)N(C2CCCC2)C1. The van der Waals surface area contributed by atoms with E-state index in [4.69, 9.17) is 0 Å². The van der Waals surface area contributed by atoms with E-state index in [0.717, 1.165) is 31.7 Å². The average Bonchev–Trinajstić information content (AvgIpc) is 3.17. The van der Waals surface area contributed by atoms with Crippen LogP contribution in [0.15, 0.2) is 23.1 Å². The van der Waals surface area contributed by atoms with Crippen LogP contribution in [0, 0.1) is 18.7 Å².